The summed E-state index contributed by atoms with van der Waals surface area (Å²) in [5.41, 5.74) is -0.158. The molecule has 2 aromatic heterocycles. The number of hydrogen-bond donors (Lipinski definition) is 1. The van der Waals surface area contributed by atoms with Crippen LogP contribution < -0.4 is 9.47 Å². The van der Waals surface area contributed by atoms with Crippen molar-refractivity contribution < 1.29 is 41.7 Å². The predicted octanol–water partition coefficient (Wildman–Crippen LogP) is 5.70. The van der Waals surface area contributed by atoms with Gasteiger partial charge in [-0.15, -0.1) is 0 Å². The van der Waals surface area contributed by atoms with E-state index in [1.807, 2.05) is 6.07 Å². The quantitative estimate of drug-likeness (QED) is 0.195. The van der Waals surface area contributed by atoms with Crippen molar-refractivity contribution >= 4 is 17.0 Å². The lowest BCUT2D eigenvalue weighted by atomic mass is 10.1. The van der Waals surface area contributed by atoms with Crippen molar-refractivity contribution in [2.75, 3.05) is 6.61 Å². The summed E-state index contributed by atoms with van der Waals surface area (Å²) >= 11 is 0. The number of nitrogens with zero attached hydrogens (tertiary/aromatic N) is 5. The van der Waals surface area contributed by atoms with Crippen LogP contribution in [0.3, 0.4) is 0 Å². The first-order valence-corrected chi connectivity index (χ1v) is 13.5. The van der Waals surface area contributed by atoms with Gasteiger partial charge in [0.2, 0.25) is 5.88 Å². The van der Waals surface area contributed by atoms with Gasteiger partial charge in [-0.25, -0.2) is 32.3 Å². The molecule has 1 fully saturated rings. The van der Waals surface area contributed by atoms with Crippen molar-refractivity contribution in [3.05, 3.63) is 106 Å². The van der Waals surface area contributed by atoms with Crippen molar-refractivity contribution in [2.45, 2.75) is 32.1 Å². The molecule has 0 bridgehead atoms. The highest BCUT2D eigenvalue weighted by atomic mass is 19.1. The van der Waals surface area contributed by atoms with Crippen molar-refractivity contribution in [1.29, 1.82) is 5.26 Å². The minimum atomic E-state index is -1.32. The minimum Gasteiger partial charge on any atom is -0.483 e. The zero-order valence-electron chi connectivity index (χ0n) is 23.1. The Kier molecular flexibility index (Phi) is 8.01. The van der Waals surface area contributed by atoms with E-state index >= 15 is 8.78 Å². The minimum absolute atomic E-state index is 0.0568. The molecule has 3 aromatic carbocycles. The second-order valence-corrected chi connectivity index (χ2v) is 10.1. The first kappa shape index (κ1) is 29.5. The van der Waals surface area contributed by atoms with Crippen LogP contribution in [-0.2, 0) is 24.3 Å². The van der Waals surface area contributed by atoms with Crippen molar-refractivity contribution in [2.24, 2.45) is 0 Å². The van der Waals surface area contributed by atoms with Gasteiger partial charge in [-0.05, 0) is 48.4 Å². The topological polar surface area (TPSA) is 132 Å². The van der Waals surface area contributed by atoms with Gasteiger partial charge in [-0.3, -0.25) is 0 Å². The lowest BCUT2D eigenvalue weighted by Crippen LogP contribution is -2.31. The van der Waals surface area contributed by atoms with E-state index in [1.54, 1.807) is 4.57 Å². The smallest absolute Gasteiger partial charge is 0.335 e. The average Bonchev–Trinajstić information content (AvgIpc) is 3.34. The number of halogens is 4. The first-order valence-electron chi connectivity index (χ1n) is 13.5. The van der Waals surface area contributed by atoms with Crippen LogP contribution in [0.4, 0.5) is 17.6 Å². The number of fused-ring (bicyclic) bond motifs is 1. The molecule has 0 radical (unpaired) electrons. The van der Waals surface area contributed by atoms with Crippen LogP contribution in [0.5, 0.6) is 17.4 Å². The maximum absolute atomic E-state index is 15.3. The normalized spacial score (nSPS) is 14.2. The zero-order valence-corrected chi connectivity index (χ0v) is 23.1. The highest BCUT2D eigenvalue weighted by molar-refractivity contribution is 5.92. The number of rotatable bonds is 10. The Morgan fingerprint density at radius 2 is 1.82 bits per heavy atom. The van der Waals surface area contributed by atoms with Crippen LogP contribution in [0.2, 0.25) is 0 Å². The summed E-state index contributed by atoms with van der Waals surface area (Å²) in [5, 5.41) is 18.3. The van der Waals surface area contributed by atoms with Crippen molar-refractivity contribution in [3.8, 4) is 23.4 Å². The van der Waals surface area contributed by atoms with E-state index in [9.17, 15) is 18.7 Å². The summed E-state index contributed by atoms with van der Waals surface area (Å²) in [7, 11) is 0. The van der Waals surface area contributed by atoms with Gasteiger partial charge in [0.25, 0.3) is 0 Å². The Balaban J connectivity index is 1.22. The van der Waals surface area contributed by atoms with Crippen molar-refractivity contribution in [3.63, 3.8) is 0 Å². The Bertz CT molecular complexity index is 1990. The van der Waals surface area contributed by atoms with Gasteiger partial charge in [0, 0.05) is 31.4 Å². The molecule has 1 atom stereocenters. The third-order valence-electron chi connectivity index (χ3n) is 7.07. The Labute approximate surface area is 252 Å². The molecule has 0 spiro atoms. The Morgan fingerprint density at radius 1 is 1.02 bits per heavy atom. The number of carbonyl (C=O) groups is 1. The van der Waals surface area contributed by atoms with Crippen LogP contribution in [0.25, 0.3) is 11.0 Å². The number of carboxylic acid groups (broad SMARTS) is 1. The number of aromatic nitrogens is 4. The van der Waals surface area contributed by atoms with E-state index in [-0.39, 0.29) is 76.7 Å². The van der Waals surface area contributed by atoms with Gasteiger partial charge in [-0.1, -0.05) is 0 Å². The summed E-state index contributed by atoms with van der Waals surface area (Å²) < 4.78 is 77.3. The molecule has 1 N–H and O–H groups in total. The van der Waals surface area contributed by atoms with E-state index < -0.39 is 35.0 Å². The molecule has 1 aliphatic rings. The number of imidazole rings is 1. The van der Waals surface area contributed by atoms with Crippen LogP contribution in [0.15, 0.2) is 54.7 Å². The fraction of sp³-hybridized carbons (Fsp3) is 0.194. The molecule has 14 heteroatoms. The molecule has 228 valence electrons. The van der Waals surface area contributed by atoms with E-state index in [2.05, 4.69) is 15.0 Å². The molecule has 0 amide bonds. The molecule has 1 aliphatic heterocycles. The summed E-state index contributed by atoms with van der Waals surface area (Å²) in [6.07, 6.45) is 1.55. The molecule has 6 rings (SSSR count). The fourth-order valence-electron chi connectivity index (χ4n) is 4.73. The van der Waals surface area contributed by atoms with Gasteiger partial charge in [0.05, 0.1) is 35.4 Å². The van der Waals surface area contributed by atoms with Crippen LogP contribution in [0.1, 0.15) is 39.6 Å². The number of ether oxygens (including phenoxy) is 3. The summed E-state index contributed by atoms with van der Waals surface area (Å²) in [6, 6.07) is 10.7. The molecule has 45 heavy (non-hydrogen) atoms. The Morgan fingerprint density at radius 3 is 2.53 bits per heavy atom. The third kappa shape index (κ3) is 6.24. The molecule has 0 aliphatic carbocycles. The Hall–Kier alpha value is -5.55. The SMILES string of the molecule is N#Cc1ccc(OCc2nccc(Oc3cc(F)c(Cc4nc5c(F)cc(C(=O)O)cc5n4C[C@@H]4CCO4)cc3F)n2)c(F)c1. The molecular formula is C31H21F4N5O5. The van der Waals surface area contributed by atoms with E-state index in [1.165, 1.54) is 30.5 Å². The maximum atomic E-state index is 15.3. The maximum Gasteiger partial charge on any atom is 0.335 e. The molecule has 10 nitrogen and oxygen atoms in total. The number of benzene rings is 3. The van der Waals surface area contributed by atoms with E-state index in [0.717, 1.165) is 30.7 Å². The fourth-order valence-corrected chi connectivity index (χ4v) is 4.73. The van der Waals surface area contributed by atoms with Crippen molar-refractivity contribution in [1.82, 2.24) is 19.5 Å². The highest BCUT2D eigenvalue weighted by Gasteiger charge is 2.25. The van der Waals surface area contributed by atoms with Gasteiger partial charge in [-0.2, -0.15) is 10.2 Å². The third-order valence-corrected chi connectivity index (χ3v) is 7.07. The molecule has 3 heterocycles. The average molecular weight is 620 g/mol. The summed E-state index contributed by atoms with van der Waals surface area (Å²) in [5.74, 6) is -5.20. The first-order chi connectivity index (χ1) is 21.7. The van der Waals surface area contributed by atoms with E-state index in [4.69, 9.17) is 19.5 Å². The zero-order chi connectivity index (χ0) is 31.7. The second-order valence-electron chi connectivity index (χ2n) is 10.1. The van der Waals surface area contributed by atoms with Gasteiger partial charge in [0.15, 0.2) is 34.8 Å². The standard InChI is InChI=1S/C31H21F4N5O5/c32-20-12-26(45-29-3-5-37-27(38-29)15-44-25-2-1-16(13-36)7-21(25)33)22(34)8-17(20)11-28-39-30-23(35)9-18(31(41)42)10-24(30)40(28)14-19-4-6-43-19/h1-3,5,7-10,12,19H,4,6,11,14-15H2,(H,41,42)/t19-/m0/s1. The number of aromatic carboxylic acids is 1. The highest BCUT2D eigenvalue weighted by Crippen LogP contribution is 2.30. The van der Waals surface area contributed by atoms with Gasteiger partial charge in [0.1, 0.15) is 23.8 Å². The monoisotopic (exact) mass is 619 g/mol. The predicted molar refractivity (Wildman–Crippen MR) is 148 cm³/mol. The molecular weight excluding hydrogens is 598 g/mol. The number of hydrogen-bond acceptors (Lipinski definition) is 8. The summed E-state index contributed by atoms with van der Waals surface area (Å²) in [6.45, 7) is 0.480. The molecule has 5 aromatic rings. The molecule has 1 saturated heterocycles. The largest absolute Gasteiger partial charge is 0.483 e. The number of nitriles is 1. The lowest BCUT2D eigenvalue weighted by molar-refractivity contribution is -0.0589. The second kappa shape index (κ2) is 12.2. The van der Waals surface area contributed by atoms with E-state index in [0.29, 0.717) is 6.61 Å². The lowest BCUT2D eigenvalue weighted by Gasteiger charge is -2.27. The van der Waals surface area contributed by atoms with Crippen LogP contribution in [-0.4, -0.2) is 43.3 Å². The van der Waals surface area contributed by atoms with Gasteiger partial charge < -0.3 is 23.9 Å². The van der Waals surface area contributed by atoms with Gasteiger partial charge >= 0.3 is 5.97 Å². The summed E-state index contributed by atoms with van der Waals surface area (Å²) in [4.78, 5) is 23.9. The number of carboxylic acids is 1. The molecule has 0 saturated carbocycles. The molecule has 0 unspecified atom stereocenters. The van der Waals surface area contributed by atoms with Crippen LogP contribution in [0, 0.1) is 34.6 Å². The van der Waals surface area contributed by atoms with Crippen LogP contribution >= 0.6 is 0 Å².